The molecule has 9 heteroatoms. The molecule has 1 aliphatic heterocycles. The molecule has 3 aromatic rings. The van der Waals surface area contributed by atoms with Crippen molar-refractivity contribution in [2.75, 3.05) is 27.9 Å². The number of hydrogen-bond acceptors (Lipinski definition) is 8. The molecular formula is C24H31N5O3S. The van der Waals surface area contributed by atoms with E-state index in [-0.39, 0.29) is 6.10 Å². The van der Waals surface area contributed by atoms with Crippen LogP contribution in [0.5, 0.6) is 11.5 Å². The van der Waals surface area contributed by atoms with Gasteiger partial charge in [-0.3, -0.25) is 9.88 Å². The van der Waals surface area contributed by atoms with Crippen molar-refractivity contribution in [3.63, 3.8) is 0 Å². The summed E-state index contributed by atoms with van der Waals surface area (Å²) in [6.07, 6.45) is 4.20. The number of ether oxygens (including phenoxy) is 3. The van der Waals surface area contributed by atoms with E-state index in [4.69, 9.17) is 14.2 Å². The monoisotopic (exact) mass is 469 g/mol. The average Bonchev–Trinajstić information content (AvgIpc) is 3.49. The van der Waals surface area contributed by atoms with Gasteiger partial charge in [0.1, 0.15) is 5.82 Å². The molecule has 33 heavy (non-hydrogen) atoms. The average molecular weight is 470 g/mol. The molecule has 1 aromatic carbocycles. The zero-order valence-corrected chi connectivity index (χ0v) is 20.3. The minimum atomic E-state index is 0.206. The Kier molecular flexibility index (Phi) is 8.20. The van der Waals surface area contributed by atoms with Gasteiger partial charge in [0.15, 0.2) is 16.7 Å². The van der Waals surface area contributed by atoms with Crippen molar-refractivity contribution in [2.45, 2.75) is 49.5 Å². The topological polar surface area (TPSA) is 74.5 Å². The molecular weight excluding hydrogens is 438 g/mol. The summed E-state index contributed by atoms with van der Waals surface area (Å²) in [5, 5.41) is 9.96. The molecule has 1 saturated heterocycles. The van der Waals surface area contributed by atoms with E-state index < -0.39 is 0 Å². The Bertz CT molecular complexity index is 1020. The van der Waals surface area contributed by atoms with E-state index in [1.165, 1.54) is 0 Å². The van der Waals surface area contributed by atoms with Gasteiger partial charge in [0, 0.05) is 30.7 Å². The van der Waals surface area contributed by atoms with Gasteiger partial charge in [-0.1, -0.05) is 30.0 Å². The molecule has 0 saturated carbocycles. The van der Waals surface area contributed by atoms with Crippen molar-refractivity contribution in [1.82, 2.24) is 24.6 Å². The molecule has 1 fully saturated rings. The van der Waals surface area contributed by atoms with Crippen LogP contribution < -0.4 is 9.47 Å². The van der Waals surface area contributed by atoms with Crippen molar-refractivity contribution < 1.29 is 14.2 Å². The Morgan fingerprint density at radius 2 is 2.03 bits per heavy atom. The number of thioether (sulfide) groups is 1. The van der Waals surface area contributed by atoms with Crippen LogP contribution in [-0.4, -0.2) is 58.6 Å². The third-order valence-corrected chi connectivity index (χ3v) is 6.62. The molecule has 176 valence electrons. The summed E-state index contributed by atoms with van der Waals surface area (Å²) in [5.74, 6) is 3.18. The first-order valence-electron chi connectivity index (χ1n) is 11.1. The largest absolute Gasteiger partial charge is 0.493 e. The number of methoxy groups -OCH3 is 2. The first-order chi connectivity index (χ1) is 16.2. The van der Waals surface area contributed by atoms with E-state index >= 15 is 0 Å². The van der Waals surface area contributed by atoms with E-state index in [0.29, 0.717) is 13.1 Å². The second-order valence-corrected chi connectivity index (χ2v) is 9.02. The molecule has 1 aliphatic rings. The summed E-state index contributed by atoms with van der Waals surface area (Å²) in [6.45, 7) is 2.95. The lowest BCUT2D eigenvalue weighted by Gasteiger charge is -2.20. The van der Waals surface area contributed by atoms with Gasteiger partial charge in [-0.15, -0.1) is 10.2 Å². The molecule has 0 amide bonds. The van der Waals surface area contributed by atoms with E-state index in [1.807, 2.05) is 36.5 Å². The molecule has 0 N–H and O–H groups in total. The molecule has 4 rings (SSSR count). The summed E-state index contributed by atoms with van der Waals surface area (Å²) in [6, 6.07) is 11.9. The maximum absolute atomic E-state index is 5.91. The SMILES string of the molecule is COc1cccc(CN(C)Cc2nnc(SCc3ccccn3)n2CC2CCCO2)c1OC. The summed E-state index contributed by atoms with van der Waals surface area (Å²) in [4.78, 5) is 6.63. The van der Waals surface area contributed by atoms with Gasteiger partial charge >= 0.3 is 0 Å². The second kappa shape index (κ2) is 11.5. The molecule has 0 bridgehead atoms. The van der Waals surface area contributed by atoms with Crippen LogP contribution in [0.3, 0.4) is 0 Å². The Balaban J connectivity index is 1.49. The molecule has 0 spiro atoms. The fourth-order valence-electron chi connectivity index (χ4n) is 4.01. The van der Waals surface area contributed by atoms with Gasteiger partial charge in [0.25, 0.3) is 0 Å². The zero-order valence-electron chi connectivity index (χ0n) is 19.4. The fraction of sp³-hybridized carbons (Fsp3) is 0.458. The van der Waals surface area contributed by atoms with Crippen LogP contribution in [0.2, 0.25) is 0 Å². The molecule has 1 atom stereocenters. The van der Waals surface area contributed by atoms with Crippen molar-refractivity contribution in [2.24, 2.45) is 0 Å². The fourth-order valence-corrected chi connectivity index (χ4v) is 4.89. The Labute approximate surface area is 199 Å². The van der Waals surface area contributed by atoms with Crippen molar-refractivity contribution >= 4 is 11.8 Å². The highest BCUT2D eigenvalue weighted by Crippen LogP contribution is 2.31. The summed E-state index contributed by atoms with van der Waals surface area (Å²) in [7, 11) is 5.40. The second-order valence-electron chi connectivity index (χ2n) is 8.08. The van der Waals surface area contributed by atoms with E-state index in [9.17, 15) is 0 Å². The van der Waals surface area contributed by atoms with Gasteiger partial charge < -0.3 is 18.8 Å². The van der Waals surface area contributed by atoms with Crippen LogP contribution in [0.1, 0.15) is 29.9 Å². The van der Waals surface area contributed by atoms with Gasteiger partial charge in [-0.05, 0) is 38.1 Å². The van der Waals surface area contributed by atoms with Crippen LogP contribution in [0, 0.1) is 0 Å². The van der Waals surface area contributed by atoms with Gasteiger partial charge in [0.2, 0.25) is 0 Å². The first kappa shape index (κ1) is 23.5. The normalized spacial score (nSPS) is 15.8. The summed E-state index contributed by atoms with van der Waals surface area (Å²) < 4.78 is 19.2. The molecule has 2 aromatic heterocycles. The molecule has 1 unspecified atom stereocenters. The number of benzene rings is 1. The third kappa shape index (κ3) is 6.04. The summed E-state index contributed by atoms with van der Waals surface area (Å²) >= 11 is 1.66. The number of aromatic nitrogens is 4. The van der Waals surface area contributed by atoms with Crippen LogP contribution in [0.4, 0.5) is 0 Å². The maximum Gasteiger partial charge on any atom is 0.191 e. The number of hydrogen-bond donors (Lipinski definition) is 0. The van der Waals surface area contributed by atoms with Crippen molar-refractivity contribution in [1.29, 1.82) is 0 Å². The van der Waals surface area contributed by atoms with Crippen LogP contribution in [0.15, 0.2) is 47.8 Å². The Morgan fingerprint density at radius 1 is 1.12 bits per heavy atom. The zero-order chi connectivity index (χ0) is 23.0. The Morgan fingerprint density at radius 3 is 2.76 bits per heavy atom. The van der Waals surface area contributed by atoms with Crippen LogP contribution in [-0.2, 0) is 30.1 Å². The third-order valence-electron chi connectivity index (χ3n) is 5.62. The van der Waals surface area contributed by atoms with Gasteiger partial charge in [-0.25, -0.2) is 0 Å². The quantitative estimate of drug-likeness (QED) is 0.393. The van der Waals surface area contributed by atoms with Gasteiger partial charge in [0.05, 0.1) is 39.1 Å². The maximum atomic E-state index is 5.91. The highest BCUT2D eigenvalue weighted by atomic mass is 32.2. The lowest BCUT2D eigenvalue weighted by atomic mass is 10.1. The van der Waals surface area contributed by atoms with Gasteiger partial charge in [-0.2, -0.15) is 0 Å². The minimum absolute atomic E-state index is 0.206. The lowest BCUT2D eigenvalue weighted by Crippen LogP contribution is -2.23. The highest BCUT2D eigenvalue weighted by molar-refractivity contribution is 7.98. The summed E-state index contributed by atoms with van der Waals surface area (Å²) in [5.41, 5.74) is 2.09. The van der Waals surface area contributed by atoms with Crippen molar-refractivity contribution in [3.05, 3.63) is 59.7 Å². The number of para-hydroxylation sites is 1. The van der Waals surface area contributed by atoms with Crippen LogP contribution in [0.25, 0.3) is 0 Å². The number of rotatable bonds is 11. The van der Waals surface area contributed by atoms with Crippen molar-refractivity contribution in [3.8, 4) is 11.5 Å². The van der Waals surface area contributed by atoms with E-state index in [1.54, 1.807) is 26.0 Å². The predicted octanol–water partition coefficient (Wildman–Crippen LogP) is 3.79. The smallest absolute Gasteiger partial charge is 0.191 e. The Hall–Kier alpha value is -2.62. The number of pyridine rings is 1. The van der Waals surface area contributed by atoms with E-state index in [0.717, 1.165) is 65.5 Å². The molecule has 0 aliphatic carbocycles. The van der Waals surface area contributed by atoms with Crippen LogP contribution >= 0.6 is 11.8 Å². The standard InChI is InChI=1S/C24H31N5O3S/c1-28(14-18-8-6-11-21(30-2)23(18)31-3)16-22-26-27-24(29(22)15-20-10-7-13-32-20)33-17-19-9-4-5-12-25-19/h4-6,8-9,11-12,20H,7,10,13-17H2,1-3H3. The predicted molar refractivity (Wildman–Crippen MR) is 128 cm³/mol. The minimum Gasteiger partial charge on any atom is -0.493 e. The highest BCUT2D eigenvalue weighted by Gasteiger charge is 2.22. The first-order valence-corrected chi connectivity index (χ1v) is 12.1. The molecule has 3 heterocycles. The molecule has 0 radical (unpaired) electrons. The lowest BCUT2D eigenvalue weighted by molar-refractivity contribution is 0.0934. The number of nitrogens with zero attached hydrogens (tertiary/aromatic N) is 5. The van der Waals surface area contributed by atoms with E-state index in [2.05, 4.69) is 37.8 Å². The molecule has 8 nitrogen and oxygen atoms in total.